The molecular weight excluding hydrogens is 322 g/mol. The summed E-state index contributed by atoms with van der Waals surface area (Å²) in [4.78, 5) is 25.3. The SMILES string of the molecule is CNC(=O)Oc1ccccc1CN(C)C(=O)Nc1ccccc1OC. The maximum Gasteiger partial charge on any atom is 0.412 e. The topological polar surface area (TPSA) is 79.9 Å². The molecule has 0 radical (unpaired) electrons. The minimum absolute atomic E-state index is 0.272. The normalized spacial score (nSPS) is 9.88. The minimum Gasteiger partial charge on any atom is -0.495 e. The first kappa shape index (κ1) is 18.1. The first-order valence-electron chi connectivity index (χ1n) is 7.67. The number of hydrogen-bond donors (Lipinski definition) is 2. The zero-order valence-electron chi connectivity index (χ0n) is 14.4. The number of carbonyl (C=O) groups excluding carboxylic acids is 2. The highest BCUT2D eigenvalue weighted by Crippen LogP contribution is 2.24. The molecule has 0 heterocycles. The number of amides is 3. The molecule has 0 aliphatic carbocycles. The number of hydrogen-bond acceptors (Lipinski definition) is 4. The monoisotopic (exact) mass is 343 g/mol. The number of anilines is 1. The molecule has 0 saturated heterocycles. The lowest BCUT2D eigenvalue weighted by Crippen LogP contribution is -2.31. The summed E-state index contributed by atoms with van der Waals surface area (Å²) >= 11 is 0. The van der Waals surface area contributed by atoms with Crippen molar-refractivity contribution in [2.75, 3.05) is 26.5 Å². The Labute approximate surface area is 146 Å². The van der Waals surface area contributed by atoms with Crippen LogP contribution in [0.25, 0.3) is 0 Å². The van der Waals surface area contributed by atoms with Crippen LogP contribution in [-0.2, 0) is 6.54 Å². The fourth-order valence-electron chi connectivity index (χ4n) is 2.17. The fraction of sp³-hybridized carbons (Fsp3) is 0.222. The Morgan fingerprint density at radius 1 is 1.04 bits per heavy atom. The Morgan fingerprint density at radius 2 is 1.68 bits per heavy atom. The van der Waals surface area contributed by atoms with Crippen molar-refractivity contribution < 1.29 is 19.1 Å². The molecule has 7 heteroatoms. The summed E-state index contributed by atoms with van der Waals surface area (Å²) in [5.41, 5.74) is 1.29. The van der Waals surface area contributed by atoms with Crippen LogP contribution >= 0.6 is 0 Å². The standard InChI is InChI=1S/C18H21N3O4/c1-19-18(23)25-15-10-6-4-8-13(15)12-21(2)17(22)20-14-9-5-7-11-16(14)24-3/h4-11H,12H2,1-3H3,(H,19,23)(H,20,22). The Hall–Kier alpha value is -3.22. The third-order valence-corrected chi connectivity index (χ3v) is 3.48. The van der Waals surface area contributed by atoms with E-state index >= 15 is 0 Å². The largest absolute Gasteiger partial charge is 0.495 e. The number of urea groups is 1. The Balaban J connectivity index is 2.07. The Kier molecular flexibility index (Phi) is 6.22. The number of ether oxygens (including phenoxy) is 2. The lowest BCUT2D eigenvalue weighted by molar-refractivity contribution is 0.201. The number of methoxy groups -OCH3 is 1. The number of nitrogens with zero attached hydrogens (tertiary/aromatic N) is 1. The van der Waals surface area contributed by atoms with Crippen LogP contribution in [0, 0.1) is 0 Å². The summed E-state index contributed by atoms with van der Waals surface area (Å²) in [6.07, 6.45) is -0.562. The van der Waals surface area contributed by atoms with Gasteiger partial charge in [0.2, 0.25) is 0 Å². The van der Waals surface area contributed by atoms with E-state index in [0.717, 1.165) is 0 Å². The zero-order valence-corrected chi connectivity index (χ0v) is 14.4. The van der Waals surface area contributed by atoms with Crippen LogP contribution in [0.2, 0.25) is 0 Å². The van der Waals surface area contributed by atoms with Gasteiger partial charge in [-0.25, -0.2) is 9.59 Å². The molecule has 0 atom stereocenters. The molecule has 0 bridgehead atoms. The molecule has 7 nitrogen and oxygen atoms in total. The molecule has 2 aromatic carbocycles. The van der Waals surface area contributed by atoms with Crippen molar-refractivity contribution >= 4 is 17.8 Å². The molecule has 0 aromatic heterocycles. The molecule has 3 amide bonds. The van der Waals surface area contributed by atoms with Gasteiger partial charge >= 0.3 is 12.1 Å². The quantitative estimate of drug-likeness (QED) is 0.874. The summed E-state index contributed by atoms with van der Waals surface area (Å²) in [6.45, 7) is 0.272. The van der Waals surface area contributed by atoms with Gasteiger partial charge in [-0.05, 0) is 18.2 Å². The van der Waals surface area contributed by atoms with Crippen molar-refractivity contribution in [3.8, 4) is 11.5 Å². The van der Waals surface area contributed by atoms with Gasteiger partial charge in [-0.15, -0.1) is 0 Å². The first-order chi connectivity index (χ1) is 12.0. The molecule has 2 rings (SSSR count). The molecule has 0 unspecified atom stereocenters. The van der Waals surface area contributed by atoms with E-state index in [4.69, 9.17) is 9.47 Å². The van der Waals surface area contributed by atoms with E-state index in [9.17, 15) is 9.59 Å². The van der Waals surface area contributed by atoms with Gasteiger partial charge < -0.3 is 25.0 Å². The van der Waals surface area contributed by atoms with Gasteiger partial charge in [-0.2, -0.15) is 0 Å². The maximum atomic E-state index is 12.4. The van der Waals surface area contributed by atoms with Crippen molar-refractivity contribution in [3.63, 3.8) is 0 Å². The number of rotatable bonds is 5. The highest BCUT2D eigenvalue weighted by Gasteiger charge is 2.15. The third kappa shape index (κ3) is 4.87. The van der Waals surface area contributed by atoms with E-state index in [1.54, 1.807) is 44.5 Å². The Morgan fingerprint density at radius 3 is 2.36 bits per heavy atom. The molecule has 132 valence electrons. The average Bonchev–Trinajstić information content (AvgIpc) is 2.63. The van der Waals surface area contributed by atoms with Crippen molar-refractivity contribution in [1.82, 2.24) is 10.2 Å². The summed E-state index contributed by atoms with van der Waals surface area (Å²) in [5.74, 6) is 0.978. The molecule has 0 fully saturated rings. The Bertz CT molecular complexity index is 749. The molecule has 0 saturated carbocycles. The van der Waals surface area contributed by atoms with Gasteiger partial charge in [0.1, 0.15) is 11.5 Å². The molecule has 0 aliphatic heterocycles. The summed E-state index contributed by atoms with van der Waals surface area (Å²) in [6, 6.07) is 13.9. The average molecular weight is 343 g/mol. The van der Waals surface area contributed by atoms with Gasteiger partial charge in [-0.1, -0.05) is 30.3 Å². The first-order valence-corrected chi connectivity index (χ1v) is 7.67. The summed E-state index contributed by atoms with van der Waals surface area (Å²) in [5, 5.41) is 5.19. The number of nitrogens with one attached hydrogen (secondary N) is 2. The lowest BCUT2D eigenvalue weighted by Gasteiger charge is -2.20. The van der Waals surface area contributed by atoms with Gasteiger partial charge in [0.25, 0.3) is 0 Å². The summed E-state index contributed by atoms with van der Waals surface area (Å²) in [7, 11) is 4.68. The van der Waals surface area contributed by atoms with E-state index in [1.807, 2.05) is 18.2 Å². The van der Waals surface area contributed by atoms with E-state index in [-0.39, 0.29) is 12.6 Å². The molecule has 2 aromatic rings. The predicted octanol–water partition coefficient (Wildman–Crippen LogP) is 3.08. The lowest BCUT2D eigenvalue weighted by atomic mass is 10.2. The maximum absolute atomic E-state index is 12.4. The van der Waals surface area contributed by atoms with Crippen molar-refractivity contribution in [2.45, 2.75) is 6.54 Å². The van der Waals surface area contributed by atoms with Crippen LogP contribution in [-0.4, -0.2) is 38.2 Å². The number of para-hydroxylation sites is 3. The second-order valence-corrected chi connectivity index (χ2v) is 5.23. The van der Waals surface area contributed by atoms with E-state index in [2.05, 4.69) is 10.6 Å². The molecular formula is C18H21N3O4. The van der Waals surface area contributed by atoms with Crippen molar-refractivity contribution in [3.05, 3.63) is 54.1 Å². The van der Waals surface area contributed by atoms with Crippen LogP contribution in [0.4, 0.5) is 15.3 Å². The highest BCUT2D eigenvalue weighted by molar-refractivity contribution is 5.90. The number of benzene rings is 2. The predicted molar refractivity (Wildman–Crippen MR) is 95.0 cm³/mol. The second kappa shape index (κ2) is 8.58. The smallest absolute Gasteiger partial charge is 0.412 e. The van der Waals surface area contributed by atoms with Crippen molar-refractivity contribution in [1.29, 1.82) is 0 Å². The van der Waals surface area contributed by atoms with Gasteiger partial charge in [0.05, 0.1) is 19.3 Å². The van der Waals surface area contributed by atoms with Gasteiger partial charge in [0.15, 0.2) is 0 Å². The van der Waals surface area contributed by atoms with E-state index in [0.29, 0.717) is 22.7 Å². The van der Waals surface area contributed by atoms with Crippen LogP contribution in [0.5, 0.6) is 11.5 Å². The highest BCUT2D eigenvalue weighted by atomic mass is 16.6. The second-order valence-electron chi connectivity index (χ2n) is 5.23. The minimum atomic E-state index is -0.562. The van der Waals surface area contributed by atoms with E-state index in [1.165, 1.54) is 11.9 Å². The van der Waals surface area contributed by atoms with Crippen LogP contribution < -0.4 is 20.1 Å². The molecule has 25 heavy (non-hydrogen) atoms. The third-order valence-electron chi connectivity index (χ3n) is 3.48. The fourth-order valence-corrected chi connectivity index (χ4v) is 2.17. The van der Waals surface area contributed by atoms with Gasteiger partial charge in [0, 0.05) is 19.7 Å². The summed E-state index contributed by atoms with van der Waals surface area (Å²) < 4.78 is 10.4. The zero-order chi connectivity index (χ0) is 18.2. The van der Waals surface area contributed by atoms with Crippen LogP contribution in [0.15, 0.2) is 48.5 Å². The van der Waals surface area contributed by atoms with Crippen molar-refractivity contribution in [2.24, 2.45) is 0 Å². The van der Waals surface area contributed by atoms with Gasteiger partial charge in [-0.3, -0.25) is 0 Å². The van der Waals surface area contributed by atoms with Crippen LogP contribution in [0.3, 0.4) is 0 Å². The van der Waals surface area contributed by atoms with Crippen LogP contribution in [0.1, 0.15) is 5.56 Å². The van der Waals surface area contributed by atoms with E-state index < -0.39 is 6.09 Å². The molecule has 0 spiro atoms. The molecule has 0 aliphatic rings. The number of carbonyl (C=O) groups is 2. The molecule has 2 N–H and O–H groups in total.